The van der Waals surface area contributed by atoms with Crippen molar-refractivity contribution >= 4 is 87.3 Å². The van der Waals surface area contributed by atoms with E-state index in [9.17, 15) is 42.3 Å². The molecular weight excluding hydrogens is 1250 g/mol. The third-order valence-electron chi connectivity index (χ3n) is 18.0. The van der Waals surface area contributed by atoms with Crippen LogP contribution in [0.25, 0.3) is 0 Å². The number of carbonyl (C=O) groups is 2. The molecule has 3 heterocycles. The molecule has 0 fully saturated rings. The quantitative estimate of drug-likeness (QED) is 0.0599. The molecule has 2 amide bonds. The lowest BCUT2D eigenvalue weighted by Crippen LogP contribution is -2.23. The molecule has 4 N–H and O–H groups in total. The Balaban J connectivity index is 0.000000150. The molecule has 3 atom stereocenters. The van der Waals surface area contributed by atoms with Crippen molar-refractivity contribution in [3.05, 3.63) is 147 Å². The largest absolute Gasteiger partial charge is 0.386 e. The van der Waals surface area contributed by atoms with Crippen molar-refractivity contribution in [1.82, 2.24) is 12.9 Å². The monoisotopic (exact) mass is 1340 g/mol. The summed E-state index contributed by atoms with van der Waals surface area (Å²) in [5, 5.41) is 35.6. The van der Waals surface area contributed by atoms with Crippen molar-refractivity contribution in [3.8, 4) is 0 Å². The molecule has 0 aliphatic heterocycles. The Bertz CT molecular complexity index is 3890. The maximum atomic E-state index is 13.8. The predicted molar refractivity (Wildman–Crippen MR) is 363 cm³/mol. The Morgan fingerprint density at radius 2 is 0.744 bits per heavy atom. The van der Waals surface area contributed by atoms with Gasteiger partial charge in [-0.25, -0.2) is 35.1 Å². The molecule has 3 unspecified atom stereocenters. The van der Waals surface area contributed by atoms with Crippen LogP contribution in [-0.2, 0) is 151 Å². The van der Waals surface area contributed by atoms with Crippen molar-refractivity contribution in [2.45, 2.75) is 199 Å². The van der Waals surface area contributed by atoms with Crippen molar-refractivity contribution < 1.29 is 42.3 Å². The first-order valence-corrected chi connectivity index (χ1v) is 38.2. The molecule has 0 radical (unpaired) electrons. The molecule has 90 heavy (non-hydrogen) atoms. The highest BCUT2D eigenvalue weighted by molar-refractivity contribution is 7.94. The maximum Gasteiger partial charge on any atom is 0.259 e. The minimum Gasteiger partial charge on any atom is -0.386 e. The van der Waals surface area contributed by atoms with Gasteiger partial charge in [-0.2, -0.15) is 4.99 Å². The summed E-state index contributed by atoms with van der Waals surface area (Å²) in [5.41, 5.74) is 18.7. The van der Waals surface area contributed by atoms with Gasteiger partial charge < -0.3 is 15.3 Å². The lowest BCUT2D eigenvalue weighted by Gasteiger charge is -2.17. The van der Waals surface area contributed by atoms with Crippen molar-refractivity contribution in [2.24, 2.45) is 13.7 Å². The number of aliphatic hydroxyl groups is 3. The first kappa shape index (κ1) is 69.4. The molecule has 6 aliphatic rings. The first-order chi connectivity index (χ1) is 42.2. The van der Waals surface area contributed by atoms with Crippen LogP contribution in [0.15, 0.2) is 78.9 Å². The van der Waals surface area contributed by atoms with Gasteiger partial charge in [0.1, 0.15) is 22.5 Å². The average Bonchev–Trinajstić information content (AvgIpc) is 1.68. The van der Waals surface area contributed by atoms with Gasteiger partial charge in [-0.1, -0.05) is 18.2 Å². The Morgan fingerprint density at radius 3 is 1.01 bits per heavy atom. The lowest BCUT2D eigenvalue weighted by molar-refractivity contribution is -0.117. The summed E-state index contributed by atoms with van der Waals surface area (Å²) in [4.78, 5) is 40.6. The van der Waals surface area contributed by atoms with E-state index in [0.717, 1.165) is 120 Å². The van der Waals surface area contributed by atoms with Crippen LogP contribution in [-0.4, -0.2) is 101 Å². The van der Waals surface area contributed by atoms with Crippen LogP contribution in [0, 0.1) is 4.78 Å². The van der Waals surface area contributed by atoms with Gasteiger partial charge in [-0.3, -0.25) is 9.59 Å². The van der Waals surface area contributed by atoms with E-state index in [4.69, 9.17) is 4.78 Å². The van der Waals surface area contributed by atoms with E-state index in [2.05, 4.69) is 31.9 Å². The van der Waals surface area contributed by atoms with E-state index in [0.29, 0.717) is 29.3 Å². The number of hydrogen-bond donors (Lipinski definition) is 4. The third kappa shape index (κ3) is 15.0. The van der Waals surface area contributed by atoms with E-state index in [1.54, 1.807) is 124 Å². The zero-order valence-corrected chi connectivity index (χ0v) is 59.2. The summed E-state index contributed by atoms with van der Waals surface area (Å²) in [7, 11) is 0.958. The highest BCUT2D eigenvalue weighted by Crippen LogP contribution is 2.42. The molecule has 0 saturated heterocycles. The smallest absolute Gasteiger partial charge is 0.259 e. The van der Waals surface area contributed by atoms with E-state index >= 15 is 0 Å². The molecule has 22 heteroatoms. The number of thiophene rings is 3. The molecule has 3 aromatic heterocycles. The van der Waals surface area contributed by atoms with E-state index in [1.807, 2.05) is 0 Å². The zero-order chi connectivity index (χ0) is 65.5. The third-order valence-corrected chi connectivity index (χ3v) is 28.9. The fraction of sp³-hybridized carbons (Fsp3) is 0.515. The predicted octanol–water partition coefficient (Wildman–Crippen LogP) is 12.5. The van der Waals surface area contributed by atoms with Crippen molar-refractivity contribution in [1.29, 1.82) is 4.78 Å². The molecule has 6 aliphatic carbocycles. The van der Waals surface area contributed by atoms with Gasteiger partial charge in [-0.05, 0) is 286 Å². The number of rotatable bonds is 14. The number of fused-ring (bicyclic) bond motifs is 6. The van der Waals surface area contributed by atoms with Crippen LogP contribution in [0.5, 0.6) is 0 Å². The number of aryl methyl sites for hydroxylation is 6. The van der Waals surface area contributed by atoms with Gasteiger partial charge in [0.25, 0.3) is 11.8 Å². The number of hydrogen-bond acceptors (Lipinski definition) is 14. The summed E-state index contributed by atoms with van der Waals surface area (Å²) < 4.78 is 61.6. The lowest BCUT2D eigenvalue weighted by atomic mass is 9.92. The highest BCUT2D eigenvalue weighted by Gasteiger charge is 2.32. The van der Waals surface area contributed by atoms with Crippen LogP contribution in [0.1, 0.15) is 175 Å². The Morgan fingerprint density at radius 1 is 0.467 bits per heavy atom. The summed E-state index contributed by atoms with van der Waals surface area (Å²) in [6.45, 7) is 10.1. The van der Waals surface area contributed by atoms with Crippen molar-refractivity contribution in [3.63, 3.8) is 0 Å². The summed E-state index contributed by atoms with van der Waals surface area (Å²) in [6.07, 6.45) is 22.1. The van der Waals surface area contributed by atoms with Crippen LogP contribution in [0.4, 0.5) is 5.69 Å². The summed E-state index contributed by atoms with van der Waals surface area (Å²) in [6, 6.07) is 12.1. The SMILES string of the molecule is CN(C)S(=N)(=O)c1cc(C(C)(C)O)cs1.CN(C)S(=O)(=NC(=O)Cc1c2c(cc3c1CCC3)CCC2)c1cc(C(C)(C)O)cs1.CN(C)S(=O)(=NC(=O)Cc1c2c(cc3c1CCC3)CCC2)c1cc(C(C)(C)O)cs1.O=C=Nc1c2c(cc3c1CCC3)CCC2. The number of carbonyl (C=O) groups excluding carboxylic acids is 3. The molecule has 16 nitrogen and oxygen atoms in total. The second kappa shape index (κ2) is 27.6. The molecule has 486 valence electrons. The second-order valence-corrected chi connectivity index (χ2v) is 36.9. The molecule has 0 spiro atoms. The van der Waals surface area contributed by atoms with E-state index < -0.39 is 46.5 Å². The second-order valence-electron chi connectivity index (χ2n) is 26.5. The van der Waals surface area contributed by atoms with E-state index in [1.165, 1.54) is 127 Å². The fourth-order valence-corrected chi connectivity index (χ4v) is 22.1. The molecule has 12 rings (SSSR count). The van der Waals surface area contributed by atoms with Gasteiger partial charge in [0.05, 0.1) is 35.3 Å². The number of amides is 2. The number of aliphatic imine (C=N–C) groups is 1. The van der Waals surface area contributed by atoms with Crippen LogP contribution < -0.4 is 0 Å². The van der Waals surface area contributed by atoms with Gasteiger partial charge in [0, 0.05) is 42.3 Å². The Hall–Kier alpha value is -4.91. The van der Waals surface area contributed by atoms with Gasteiger partial charge in [0.15, 0.2) is 19.8 Å². The van der Waals surface area contributed by atoms with Crippen LogP contribution >= 0.6 is 34.0 Å². The topological polar surface area (TPSA) is 234 Å². The number of isocyanates is 1. The number of nitrogens with zero attached hydrogens (tertiary/aromatic N) is 6. The standard InChI is InChI=1S/2C23H30N2O3S2.C13H13NO.C9H16N2O2S2/c2*1-23(2,27)17-12-22(29-14-17)30(28,25(3)4)24-21(26)13-20-18-9-5-7-15(18)11-16-8-6-10-19(16)20;15-8-14-13-11-5-1-3-9(11)7-10-4-2-6-12(10)13;1-9(2,12)7-5-8(14-6-7)15(10,13)11(3)4/h2*11-12,14,27H,5-10,13H2,1-4H3;7H,1-6H2;5-6,10,12H,1-4H3. The molecule has 0 saturated carbocycles. The molecule has 0 bridgehead atoms. The minimum absolute atomic E-state index is 0.222. The summed E-state index contributed by atoms with van der Waals surface area (Å²) in [5.74, 6) is -0.664. The average molecular weight is 1340 g/mol. The Labute approximate surface area is 546 Å². The van der Waals surface area contributed by atoms with E-state index in [-0.39, 0.29) is 24.7 Å². The van der Waals surface area contributed by atoms with Crippen LogP contribution in [0.2, 0.25) is 0 Å². The van der Waals surface area contributed by atoms with Gasteiger partial charge in [-0.15, -0.1) is 42.7 Å². The molecular formula is C68H89N7O9S6. The number of benzene rings is 3. The zero-order valence-electron chi connectivity index (χ0n) is 54.3. The van der Waals surface area contributed by atoms with Gasteiger partial charge >= 0.3 is 0 Å². The molecule has 6 aromatic rings. The summed E-state index contributed by atoms with van der Waals surface area (Å²) >= 11 is 3.80. The fourth-order valence-electron chi connectivity index (χ4n) is 13.0. The first-order valence-electron chi connectivity index (χ1n) is 31.1. The minimum atomic E-state index is -3.06. The molecule has 3 aromatic carbocycles. The van der Waals surface area contributed by atoms with Crippen molar-refractivity contribution in [2.75, 3.05) is 42.3 Å². The highest BCUT2D eigenvalue weighted by atomic mass is 32.2. The number of nitrogens with one attached hydrogen (secondary N) is 1. The Kier molecular flexibility index (Phi) is 21.3. The van der Waals surface area contributed by atoms with Crippen LogP contribution in [0.3, 0.4) is 0 Å². The normalized spacial score (nSPS) is 17.4. The van der Waals surface area contributed by atoms with Gasteiger partial charge in [0.2, 0.25) is 6.08 Å². The maximum absolute atomic E-state index is 13.8.